The highest BCUT2D eigenvalue weighted by Gasteiger charge is 2.24. The quantitative estimate of drug-likeness (QED) is 0.414. The molecule has 1 unspecified atom stereocenters. The van der Waals surface area contributed by atoms with Gasteiger partial charge in [-0.1, -0.05) is 49.1 Å². The molecule has 1 aliphatic rings. The summed E-state index contributed by atoms with van der Waals surface area (Å²) in [6.45, 7) is 4.66. The number of carbonyl (C=O) groups is 2. The van der Waals surface area contributed by atoms with Crippen molar-refractivity contribution in [1.29, 1.82) is 0 Å². The van der Waals surface area contributed by atoms with Crippen molar-refractivity contribution in [3.63, 3.8) is 0 Å². The number of para-hydroxylation sites is 1. The number of rotatable bonds is 8. The first kappa shape index (κ1) is 17.9. The summed E-state index contributed by atoms with van der Waals surface area (Å²) in [5, 5.41) is 0. The zero-order chi connectivity index (χ0) is 18.4. The van der Waals surface area contributed by atoms with Crippen LogP contribution in [0.5, 0.6) is 5.75 Å². The van der Waals surface area contributed by atoms with Gasteiger partial charge in [0.1, 0.15) is 18.5 Å². The molecule has 2 aromatic carbocycles. The van der Waals surface area contributed by atoms with Crippen molar-refractivity contribution in [2.45, 2.75) is 18.9 Å². The minimum Gasteiger partial charge on any atom is -0.463 e. The molecule has 5 heteroatoms. The van der Waals surface area contributed by atoms with Crippen LogP contribution in [0.1, 0.15) is 27.9 Å². The van der Waals surface area contributed by atoms with E-state index in [2.05, 4.69) is 6.58 Å². The standard InChI is InChI=1S/C21H20O5/c1-2-15-7-3-5-9-18(15)21(23)26-19-10-6-4-8-16(19)11-12-20(22)25-14-17-13-24-17/h2-10,17H,1,11-14H2. The lowest BCUT2D eigenvalue weighted by Gasteiger charge is -2.11. The highest BCUT2D eigenvalue weighted by molar-refractivity contribution is 5.95. The second kappa shape index (κ2) is 8.45. The largest absolute Gasteiger partial charge is 0.463 e. The zero-order valence-corrected chi connectivity index (χ0v) is 14.4. The van der Waals surface area contributed by atoms with Crippen molar-refractivity contribution in [1.82, 2.24) is 0 Å². The SMILES string of the molecule is C=Cc1ccccc1C(=O)Oc1ccccc1CCC(=O)OCC1CO1. The maximum absolute atomic E-state index is 12.5. The minimum absolute atomic E-state index is 0.0529. The average Bonchev–Trinajstić information content (AvgIpc) is 3.50. The van der Waals surface area contributed by atoms with Crippen molar-refractivity contribution in [2.24, 2.45) is 0 Å². The van der Waals surface area contributed by atoms with Gasteiger partial charge >= 0.3 is 11.9 Å². The van der Waals surface area contributed by atoms with Crippen molar-refractivity contribution in [2.75, 3.05) is 13.2 Å². The van der Waals surface area contributed by atoms with Gasteiger partial charge < -0.3 is 14.2 Å². The van der Waals surface area contributed by atoms with Crippen LogP contribution in [-0.4, -0.2) is 31.3 Å². The Hall–Kier alpha value is -2.92. The number of epoxide rings is 1. The molecular formula is C21H20O5. The van der Waals surface area contributed by atoms with Crippen LogP contribution in [0, 0.1) is 0 Å². The molecule has 0 radical (unpaired) electrons. The highest BCUT2D eigenvalue weighted by atomic mass is 16.6. The van der Waals surface area contributed by atoms with Gasteiger partial charge in [-0.3, -0.25) is 4.79 Å². The van der Waals surface area contributed by atoms with E-state index in [1.165, 1.54) is 0 Å². The van der Waals surface area contributed by atoms with E-state index < -0.39 is 5.97 Å². The van der Waals surface area contributed by atoms with Gasteiger partial charge in [-0.2, -0.15) is 0 Å². The lowest BCUT2D eigenvalue weighted by Crippen LogP contribution is -2.13. The van der Waals surface area contributed by atoms with Crippen LogP contribution in [-0.2, 0) is 20.7 Å². The maximum atomic E-state index is 12.5. The van der Waals surface area contributed by atoms with Gasteiger partial charge in [0.25, 0.3) is 0 Å². The van der Waals surface area contributed by atoms with E-state index in [-0.39, 0.29) is 18.5 Å². The van der Waals surface area contributed by atoms with Gasteiger partial charge in [0.2, 0.25) is 0 Å². The van der Waals surface area contributed by atoms with E-state index in [9.17, 15) is 9.59 Å². The number of esters is 2. The summed E-state index contributed by atoms with van der Waals surface area (Å²) in [6.07, 6.45) is 2.31. The Kier molecular flexibility index (Phi) is 5.81. The molecule has 3 rings (SSSR count). The lowest BCUT2D eigenvalue weighted by atomic mass is 10.1. The zero-order valence-electron chi connectivity index (χ0n) is 14.4. The normalized spacial score (nSPS) is 15.2. The summed E-state index contributed by atoms with van der Waals surface area (Å²) in [5.41, 5.74) is 1.93. The molecule has 26 heavy (non-hydrogen) atoms. The Balaban J connectivity index is 1.63. The van der Waals surface area contributed by atoms with E-state index >= 15 is 0 Å². The van der Waals surface area contributed by atoms with E-state index in [1.807, 2.05) is 18.2 Å². The summed E-state index contributed by atoms with van der Waals surface area (Å²) >= 11 is 0. The summed E-state index contributed by atoms with van der Waals surface area (Å²) in [4.78, 5) is 24.3. The molecule has 0 aromatic heterocycles. The summed E-state index contributed by atoms with van der Waals surface area (Å²) in [5.74, 6) is -0.310. The highest BCUT2D eigenvalue weighted by Crippen LogP contribution is 2.22. The summed E-state index contributed by atoms with van der Waals surface area (Å²) in [6, 6.07) is 14.3. The molecule has 1 fully saturated rings. The van der Waals surface area contributed by atoms with Crippen LogP contribution in [0.25, 0.3) is 6.08 Å². The maximum Gasteiger partial charge on any atom is 0.344 e. The molecule has 134 valence electrons. The predicted octanol–water partition coefficient (Wildman–Crippen LogP) is 3.42. The molecule has 1 aliphatic heterocycles. The van der Waals surface area contributed by atoms with E-state index in [0.717, 1.165) is 5.56 Å². The smallest absolute Gasteiger partial charge is 0.344 e. The summed E-state index contributed by atoms with van der Waals surface area (Å²) in [7, 11) is 0. The van der Waals surface area contributed by atoms with Crippen LogP contribution >= 0.6 is 0 Å². The topological polar surface area (TPSA) is 65.1 Å². The number of aryl methyl sites for hydroxylation is 1. The van der Waals surface area contributed by atoms with Crippen molar-refractivity contribution in [3.05, 3.63) is 71.8 Å². The first-order chi connectivity index (χ1) is 12.7. The molecule has 0 aliphatic carbocycles. The molecular weight excluding hydrogens is 332 g/mol. The minimum atomic E-state index is -0.457. The third kappa shape index (κ3) is 4.80. The Labute approximate surface area is 152 Å². The van der Waals surface area contributed by atoms with Gasteiger partial charge in [0.05, 0.1) is 12.2 Å². The average molecular weight is 352 g/mol. The van der Waals surface area contributed by atoms with Gasteiger partial charge in [0, 0.05) is 6.42 Å². The molecule has 0 spiro atoms. The van der Waals surface area contributed by atoms with Crippen LogP contribution in [0.15, 0.2) is 55.1 Å². The van der Waals surface area contributed by atoms with E-state index in [1.54, 1.807) is 36.4 Å². The van der Waals surface area contributed by atoms with Gasteiger partial charge in [-0.05, 0) is 29.7 Å². The number of ether oxygens (including phenoxy) is 3. The van der Waals surface area contributed by atoms with Crippen LogP contribution < -0.4 is 4.74 Å². The third-order valence-corrected chi connectivity index (χ3v) is 4.01. The van der Waals surface area contributed by atoms with Crippen molar-refractivity contribution in [3.8, 4) is 5.75 Å². The lowest BCUT2D eigenvalue weighted by molar-refractivity contribution is -0.144. The second-order valence-electron chi connectivity index (χ2n) is 5.93. The number of hydrogen-bond acceptors (Lipinski definition) is 5. The van der Waals surface area contributed by atoms with Gasteiger partial charge in [-0.15, -0.1) is 0 Å². The molecule has 1 heterocycles. The van der Waals surface area contributed by atoms with Crippen LogP contribution in [0.2, 0.25) is 0 Å². The molecule has 1 saturated heterocycles. The first-order valence-electron chi connectivity index (χ1n) is 8.46. The van der Waals surface area contributed by atoms with Crippen molar-refractivity contribution >= 4 is 18.0 Å². The fourth-order valence-corrected chi connectivity index (χ4v) is 2.48. The van der Waals surface area contributed by atoms with E-state index in [4.69, 9.17) is 14.2 Å². The van der Waals surface area contributed by atoms with Gasteiger partial charge in [-0.25, -0.2) is 4.79 Å². The second-order valence-corrected chi connectivity index (χ2v) is 5.93. The fourth-order valence-electron chi connectivity index (χ4n) is 2.48. The molecule has 0 N–H and O–H groups in total. The van der Waals surface area contributed by atoms with Crippen LogP contribution in [0.3, 0.4) is 0 Å². The Bertz CT molecular complexity index is 808. The van der Waals surface area contributed by atoms with Crippen molar-refractivity contribution < 1.29 is 23.8 Å². The third-order valence-electron chi connectivity index (χ3n) is 4.01. The molecule has 5 nitrogen and oxygen atoms in total. The van der Waals surface area contributed by atoms with E-state index in [0.29, 0.717) is 36.5 Å². The molecule has 2 aromatic rings. The Morgan fingerprint density at radius 3 is 2.65 bits per heavy atom. The monoisotopic (exact) mass is 352 g/mol. The number of benzene rings is 2. The molecule has 1 atom stereocenters. The molecule has 0 saturated carbocycles. The summed E-state index contributed by atoms with van der Waals surface area (Å²) < 4.78 is 15.7. The Morgan fingerprint density at radius 1 is 1.15 bits per heavy atom. The number of carbonyl (C=O) groups excluding carboxylic acids is 2. The molecule has 0 bridgehead atoms. The van der Waals surface area contributed by atoms with Crippen LogP contribution in [0.4, 0.5) is 0 Å². The first-order valence-corrected chi connectivity index (χ1v) is 8.46. The Morgan fingerprint density at radius 2 is 1.88 bits per heavy atom. The number of hydrogen-bond donors (Lipinski definition) is 0. The van der Waals surface area contributed by atoms with Gasteiger partial charge in [0.15, 0.2) is 0 Å². The predicted molar refractivity (Wildman–Crippen MR) is 97.0 cm³/mol. The molecule has 0 amide bonds. The fraction of sp³-hybridized carbons (Fsp3) is 0.238.